The van der Waals surface area contributed by atoms with Crippen LogP contribution >= 0.6 is 12.2 Å². The fraction of sp³-hybridized carbons (Fsp3) is 0.400. The molecule has 0 atom stereocenters. The van der Waals surface area contributed by atoms with E-state index in [9.17, 15) is 0 Å². The molecule has 0 nitrogen and oxygen atoms in total. The van der Waals surface area contributed by atoms with Crippen molar-refractivity contribution in [2.45, 2.75) is 12.8 Å². The van der Waals surface area contributed by atoms with Crippen molar-refractivity contribution in [1.29, 1.82) is 0 Å². The zero-order chi connectivity index (χ0) is 4.41. The van der Waals surface area contributed by atoms with Crippen LogP contribution < -0.4 is 0 Å². The van der Waals surface area contributed by atoms with Crippen molar-refractivity contribution >= 4 is 17.1 Å². The SMILES string of the molecule is S=C1CC=CC1. The van der Waals surface area contributed by atoms with Crippen LogP contribution in [0.5, 0.6) is 0 Å². The van der Waals surface area contributed by atoms with Gasteiger partial charge >= 0.3 is 0 Å². The van der Waals surface area contributed by atoms with Gasteiger partial charge in [0.05, 0.1) is 0 Å². The molecule has 0 aliphatic heterocycles. The number of thiocarbonyl (C=S) groups is 1. The fourth-order valence-corrected chi connectivity index (χ4v) is 0.705. The van der Waals surface area contributed by atoms with Crippen molar-refractivity contribution in [1.82, 2.24) is 0 Å². The van der Waals surface area contributed by atoms with Crippen molar-refractivity contribution < 1.29 is 0 Å². The lowest BCUT2D eigenvalue weighted by molar-refractivity contribution is 1.54. The molecular formula is C5H6S. The van der Waals surface area contributed by atoms with Crippen LogP contribution in [0.4, 0.5) is 0 Å². The zero-order valence-electron chi connectivity index (χ0n) is 3.48. The lowest BCUT2D eigenvalue weighted by Gasteiger charge is -1.77. The minimum Gasteiger partial charge on any atom is -0.0890 e. The summed E-state index contributed by atoms with van der Waals surface area (Å²) < 4.78 is 0. The van der Waals surface area contributed by atoms with Gasteiger partial charge in [0.2, 0.25) is 0 Å². The van der Waals surface area contributed by atoms with Crippen molar-refractivity contribution in [3.63, 3.8) is 0 Å². The van der Waals surface area contributed by atoms with Crippen LogP contribution in [0.15, 0.2) is 12.2 Å². The lowest BCUT2D eigenvalue weighted by atomic mass is 10.4. The molecule has 0 heterocycles. The molecule has 1 aliphatic carbocycles. The molecule has 0 radical (unpaired) electrons. The predicted molar refractivity (Wildman–Crippen MR) is 31.0 cm³/mol. The van der Waals surface area contributed by atoms with E-state index >= 15 is 0 Å². The van der Waals surface area contributed by atoms with Crippen LogP contribution in [-0.2, 0) is 0 Å². The first-order valence-corrected chi connectivity index (χ1v) is 2.47. The van der Waals surface area contributed by atoms with Gasteiger partial charge in [-0.3, -0.25) is 0 Å². The monoisotopic (exact) mass is 98.0 g/mol. The first kappa shape index (κ1) is 4.00. The normalized spacial score (nSPS) is 19.7. The molecule has 0 unspecified atom stereocenters. The van der Waals surface area contributed by atoms with Gasteiger partial charge in [0.15, 0.2) is 0 Å². The summed E-state index contributed by atoms with van der Waals surface area (Å²) in [5.41, 5.74) is 0. The molecular weight excluding hydrogens is 92.1 g/mol. The Morgan fingerprint density at radius 2 is 1.83 bits per heavy atom. The third-order valence-electron chi connectivity index (χ3n) is 0.858. The minimum absolute atomic E-state index is 1.04. The van der Waals surface area contributed by atoms with Crippen LogP contribution in [-0.4, -0.2) is 4.86 Å². The van der Waals surface area contributed by atoms with E-state index in [0.29, 0.717) is 0 Å². The van der Waals surface area contributed by atoms with E-state index in [2.05, 4.69) is 12.2 Å². The van der Waals surface area contributed by atoms with Gasteiger partial charge in [0, 0.05) is 4.86 Å². The van der Waals surface area contributed by atoms with Crippen LogP contribution in [0.1, 0.15) is 12.8 Å². The molecule has 1 aliphatic rings. The Morgan fingerprint density at radius 1 is 1.33 bits per heavy atom. The van der Waals surface area contributed by atoms with Crippen molar-refractivity contribution in [3.05, 3.63) is 12.2 Å². The van der Waals surface area contributed by atoms with Crippen LogP contribution in [0.3, 0.4) is 0 Å². The highest BCUT2D eigenvalue weighted by molar-refractivity contribution is 7.80. The second-order valence-electron chi connectivity index (χ2n) is 1.42. The Balaban J connectivity index is 2.52. The molecule has 0 amide bonds. The van der Waals surface area contributed by atoms with Crippen molar-refractivity contribution in [2.75, 3.05) is 0 Å². The Labute approximate surface area is 42.9 Å². The smallest absolute Gasteiger partial charge is 0.000368 e. The molecule has 1 heteroatoms. The average Bonchev–Trinajstić information content (AvgIpc) is 1.86. The predicted octanol–water partition coefficient (Wildman–Crippen LogP) is 1.71. The number of hydrogen-bond acceptors (Lipinski definition) is 1. The highest BCUT2D eigenvalue weighted by atomic mass is 32.1. The van der Waals surface area contributed by atoms with Gasteiger partial charge < -0.3 is 0 Å². The molecule has 0 spiro atoms. The topological polar surface area (TPSA) is 0 Å². The summed E-state index contributed by atoms with van der Waals surface area (Å²) in [7, 11) is 0. The largest absolute Gasteiger partial charge is 0.0890 e. The van der Waals surface area contributed by atoms with E-state index in [-0.39, 0.29) is 0 Å². The maximum Gasteiger partial charge on any atom is 0.000368 e. The molecule has 0 fully saturated rings. The summed E-state index contributed by atoms with van der Waals surface area (Å²) in [4.78, 5) is 1.18. The summed E-state index contributed by atoms with van der Waals surface area (Å²) in [5, 5.41) is 0. The molecule has 0 aromatic rings. The first-order chi connectivity index (χ1) is 2.89. The second-order valence-corrected chi connectivity index (χ2v) is 2.00. The summed E-state index contributed by atoms with van der Waals surface area (Å²) in [6.45, 7) is 0. The highest BCUT2D eigenvalue weighted by Crippen LogP contribution is 2.03. The van der Waals surface area contributed by atoms with Gasteiger partial charge in [-0.1, -0.05) is 24.4 Å². The molecule has 6 heavy (non-hydrogen) atoms. The van der Waals surface area contributed by atoms with E-state index in [1.165, 1.54) is 4.86 Å². The number of rotatable bonds is 0. The van der Waals surface area contributed by atoms with Gasteiger partial charge in [-0.05, 0) is 12.8 Å². The maximum absolute atomic E-state index is 4.86. The first-order valence-electron chi connectivity index (χ1n) is 2.06. The maximum atomic E-state index is 4.86. The quantitative estimate of drug-likeness (QED) is 0.328. The Kier molecular flexibility index (Phi) is 1.01. The van der Waals surface area contributed by atoms with Gasteiger partial charge in [-0.25, -0.2) is 0 Å². The Morgan fingerprint density at radius 3 is 2.00 bits per heavy atom. The van der Waals surface area contributed by atoms with Crippen molar-refractivity contribution in [2.24, 2.45) is 0 Å². The summed E-state index contributed by atoms with van der Waals surface area (Å²) in [6.07, 6.45) is 6.30. The number of allylic oxidation sites excluding steroid dienone is 2. The van der Waals surface area contributed by atoms with E-state index in [0.717, 1.165) is 12.8 Å². The highest BCUT2D eigenvalue weighted by Gasteiger charge is 1.94. The molecule has 1 rings (SSSR count). The summed E-state index contributed by atoms with van der Waals surface area (Å²) in [6, 6.07) is 0. The molecule has 0 N–H and O–H groups in total. The van der Waals surface area contributed by atoms with E-state index in [1.54, 1.807) is 0 Å². The van der Waals surface area contributed by atoms with Gasteiger partial charge in [-0.15, -0.1) is 0 Å². The van der Waals surface area contributed by atoms with Crippen molar-refractivity contribution in [3.8, 4) is 0 Å². The van der Waals surface area contributed by atoms with Gasteiger partial charge in [0.25, 0.3) is 0 Å². The van der Waals surface area contributed by atoms with Crippen LogP contribution in [0.25, 0.3) is 0 Å². The zero-order valence-corrected chi connectivity index (χ0v) is 4.29. The molecule has 0 saturated carbocycles. The minimum atomic E-state index is 1.04. The molecule has 0 aromatic heterocycles. The summed E-state index contributed by atoms with van der Waals surface area (Å²) >= 11 is 4.86. The number of hydrogen-bond donors (Lipinski definition) is 0. The third-order valence-corrected chi connectivity index (χ3v) is 1.19. The molecule has 0 bridgehead atoms. The van der Waals surface area contributed by atoms with Crippen LogP contribution in [0.2, 0.25) is 0 Å². The molecule has 32 valence electrons. The van der Waals surface area contributed by atoms with E-state index in [4.69, 9.17) is 12.2 Å². The van der Waals surface area contributed by atoms with Gasteiger partial charge in [0.1, 0.15) is 0 Å². The van der Waals surface area contributed by atoms with E-state index < -0.39 is 0 Å². The second kappa shape index (κ2) is 1.52. The van der Waals surface area contributed by atoms with Crippen LogP contribution in [0, 0.1) is 0 Å². The lowest BCUT2D eigenvalue weighted by Crippen LogP contribution is -1.78. The average molecular weight is 98.2 g/mol. The Hall–Kier alpha value is -0.170. The fourth-order valence-electron chi connectivity index (χ4n) is 0.513. The van der Waals surface area contributed by atoms with Gasteiger partial charge in [-0.2, -0.15) is 0 Å². The van der Waals surface area contributed by atoms with E-state index in [1.807, 2.05) is 0 Å². The third kappa shape index (κ3) is 0.658. The summed E-state index contributed by atoms with van der Waals surface area (Å²) in [5.74, 6) is 0. The standard InChI is InChI=1S/C5H6S/c6-5-3-1-2-4-5/h1-2H,3-4H2. The Bertz CT molecular complexity index is 82.1. The molecule has 0 aromatic carbocycles. The molecule has 0 saturated heterocycles.